The summed E-state index contributed by atoms with van der Waals surface area (Å²) in [5, 5.41) is 15.1. The number of rotatable bonds is 10. The summed E-state index contributed by atoms with van der Waals surface area (Å²) in [6.45, 7) is 8.71. The standard InChI is InChI=1S/C25H24ClN5O2S2/c1-4-11-31-22(13-33-20-10-5-16(2)17(3)12-20)29-30-25(31)35-15-23(32)28-24-27-21(14-34-24)18-6-8-19(26)9-7-18/h4-10,12,14H,1,11,13,15H2,2-3H3,(H,27,28,32). The molecule has 0 saturated carbocycles. The lowest BCUT2D eigenvalue weighted by atomic mass is 10.1. The maximum atomic E-state index is 12.5. The topological polar surface area (TPSA) is 81.9 Å². The largest absolute Gasteiger partial charge is 0.486 e. The summed E-state index contributed by atoms with van der Waals surface area (Å²) in [6, 6.07) is 13.4. The molecule has 7 nitrogen and oxygen atoms in total. The molecule has 2 aromatic heterocycles. The van der Waals surface area contributed by atoms with Gasteiger partial charge < -0.3 is 10.1 Å². The second-order valence-corrected chi connectivity index (χ2v) is 9.95. The Kier molecular flexibility index (Phi) is 8.22. The first-order valence-corrected chi connectivity index (χ1v) is 13.0. The second-order valence-electron chi connectivity index (χ2n) is 7.71. The molecule has 2 heterocycles. The summed E-state index contributed by atoms with van der Waals surface area (Å²) < 4.78 is 7.81. The van der Waals surface area contributed by atoms with Gasteiger partial charge in [-0.05, 0) is 49.2 Å². The fourth-order valence-electron chi connectivity index (χ4n) is 3.17. The van der Waals surface area contributed by atoms with Gasteiger partial charge in [0.2, 0.25) is 5.91 Å². The number of carbonyl (C=O) groups is 1. The van der Waals surface area contributed by atoms with Gasteiger partial charge in [-0.3, -0.25) is 9.36 Å². The highest BCUT2D eigenvalue weighted by Gasteiger charge is 2.15. The minimum Gasteiger partial charge on any atom is -0.486 e. The Hall–Kier alpha value is -3.14. The molecule has 0 aliphatic carbocycles. The van der Waals surface area contributed by atoms with Crippen molar-refractivity contribution in [1.82, 2.24) is 19.7 Å². The smallest absolute Gasteiger partial charge is 0.236 e. The fourth-order valence-corrected chi connectivity index (χ4v) is 4.79. The number of nitrogens with zero attached hydrogens (tertiary/aromatic N) is 4. The predicted molar refractivity (Wildman–Crippen MR) is 142 cm³/mol. The van der Waals surface area contributed by atoms with E-state index >= 15 is 0 Å². The van der Waals surface area contributed by atoms with Crippen molar-refractivity contribution in [2.45, 2.75) is 32.2 Å². The first-order valence-electron chi connectivity index (χ1n) is 10.8. The van der Waals surface area contributed by atoms with Crippen molar-refractivity contribution in [2.24, 2.45) is 0 Å². The number of nitrogens with one attached hydrogen (secondary N) is 1. The van der Waals surface area contributed by atoms with E-state index in [1.165, 1.54) is 28.7 Å². The van der Waals surface area contributed by atoms with E-state index in [9.17, 15) is 4.79 Å². The van der Waals surface area contributed by atoms with Crippen LogP contribution in [0.3, 0.4) is 0 Å². The first-order chi connectivity index (χ1) is 16.9. The van der Waals surface area contributed by atoms with Gasteiger partial charge >= 0.3 is 0 Å². The van der Waals surface area contributed by atoms with Gasteiger partial charge in [-0.1, -0.05) is 47.6 Å². The number of thiazole rings is 1. The van der Waals surface area contributed by atoms with Crippen molar-refractivity contribution in [3.8, 4) is 17.0 Å². The van der Waals surface area contributed by atoms with Crippen molar-refractivity contribution < 1.29 is 9.53 Å². The van der Waals surface area contributed by atoms with Gasteiger partial charge in [0, 0.05) is 22.5 Å². The zero-order chi connectivity index (χ0) is 24.8. The summed E-state index contributed by atoms with van der Waals surface area (Å²) >= 11 is 8.62. The molecule has 35 heavy (non-hydrogen) atoms. The number of hydrogen-bond donors (Lipinski definition) is 1. The Morgan fingerprint density at radius 1 is 1.20 bits per heavy atom. The lowest BCUT2D eigenvalue weighted by Gasteiger charge is -2.10. The van der Waals surface area contributed by atoms with Gasteiger partial charge in [0.1, 0.15) is 12.4 Å². The van der Waals surface area contributed by atoms with Crippen LogP contribution in [0.5, 0.6) is 5.75 Å². The average molecular weight is 526 g/mol. The molecular formula is C25H24ClN5O2S2. The van der Waals surface area contributed by atoms with Gasteiger partial charge in [-0.2, -0.15) is 0 Å². The third-order valence-electron chi connectivity index (χ3n) is 5.17. The van der Waals surface area contributed by atoms with Crippen LogP contribution in [0.15, 0.2) is 65.7 Å². The Morgan fingerprint density at radius 3 is 2.74 bits per heavy atom. The van der Waals surface area contributed by atoms with Crippen LogP contribution < -0.4 is 10.1 Å². The molecule has 0 unspecified atom stereocenters. The minimum atomic E-state index is -0.173. The molecule has 0 aliphatic rings. The highest BCUT2D eigenvalue weighted by Crippen LogP contribution is 2.26. The molecule has 4 aromatic rings. The average Bonchev–Trinajstić information content (AvgIpc) is 3.46. The number of halogens is 1. The van der Waals surface area contributed by atoms with Crippen LogP contribution in [0.25, 0.3) is 11.3 Å². The number of thioether (sulfide) groups is 1. The lowest BCUT2D eigenvalue weighted by Crippen LogP contribution is -2.15. The molecule has 0 saturated heterocycles. The number of benzene rings is 2. The van der Waals surface area contributed by atoms with Crippen molar-refractivity contribution in [3.63, 3.8) is 0 Å². The van der Waals surface area contributed by atoms with E-state index < -0.39 is 0 Å². The maximum absolute atomic E-state index is 12.5. The Labute approximate surface area is 217 Å². The molecular weight excluding hydrogens is 502 g/mol. The summed E-state index contributed by atoms with van der Waals surface area (Å²) in [5.41, 5.74) is 4.10. The first kappa shape index (κ1) is 25.0. The molecule has 0 atom stereocenters. The number of amides is 1. The molecule has 0 bridgehead atoms. The number of carbonyl (C=O) groups excluding carboxylic acids is 1. The van der Waals surface area contributed by atoms with Gasteiger partial charge in [-0.25, -0.2) is 4.98 Å². The third kappa shape index (κ3) is 6.50. The van der Waals surface area contributed by atoms with Crippen molar-refractivity contribution in [3.05, 3.63) is 82.5 Å². The van der Waals surface area contributed by atoms with Crippen molar-refractivity contribution in [1.29, 1.82) is 0 Å². The Bertz CT molecular complexity index is 1330. The fraction of sp³-hybridized carbons (Fsp3) is 0.200. The van der Waals surface area contributed by atoms with Crippen LogP contribution in [-0.4, -0.2) is 31.4 Å². The Balaban J connectivity index is 1.35. The van der Waals surface area contributed by atoms with Crippen LogP contribution >= 0.6 is 34.7 Å². The van der Waals surface area contributed by atoms with Crippen molar-refractivity contribution >= 4 is 45.7 Å². The van der Waals surface area contributed by atoms with Crippen LogP contribution in [0.2, 0.25) is 5.02 Å². The van der Waals surface area contributed by atoms with Gasteiger partial charge in [-0.15, -0.1) is 28.1 Å². The van der Waals surface area contributed by atoms with Crippen LogP contribution in [0.4, 0.5) is 5.13 Å². The number of allylic oxidation sites excluding steroid dienone is 1. The summed E-state index contributed by atoms with van der Waals surface area (Å²) in [4.78, 5) is 17.0. The third-order valence-corrected chi connectivity index (χ3v) is 7.15. The summed E-state index contributed by atoms with van der Waals surface area (Å²) in [6.07, 6.45) is 1.76. The van der Waals surface area contributed by atoms with E-state index in [1.54, 1.807) is 6.08 Å². The zero-order valence-electron chi connectivity index (χ0n) is 19.3. The molecule has 0 spiro atoms. The molecule has 1 N–H and O–H groups in total. The lowest BCUT2D eigenvalue weighted by molar-refractivity contribution is -0.113. The maximum Gasteiger partial charge on any atom is 0.236 e. The van der Waals surface area contributed by atoms with E-state index in [1.807, 2.05) is 59.3 Å². The number of aromatic nitrogens is 4. The number of aryl methyl sites for hydroxylation is 2. The van der Waals surface area contributed by atoms with Crippen LogP contribution in [0, 0.1) is 13.8 Å². The summed E-state index contributed by atoms with van der Waals surface area (Å²) in [5.74, 6) is 1.44. The SMILES string of the molecule is C=CCn1c(COc2ccc(C)c(C)c2)nnc1SCC(=O)Nc1nc(-c2ccc(Cl)cc2)cs1. The minimum absolute atomic E-state index is 0.170. The molecule has 2 aromatic carbocycles. The number of hydrogen-bond acceptors (Lipinski definition) is 7. The quantitative estimate of drug-likeness (QED) is 0.197. The van der Waals surface area contributed by atoms with Crippen LogP contribution in [-0.2, 0) is 17.9 Å². The van der Waals surface area contributed by atoms with E-state index in [2.05, 4.69) is 34.0 Å². The molecule has 10 heteroatoms. The highest BCUT2D eigenvalue weighted by molar-refractivity contribution is 7.99. The number of ether oxygens (including phenoxy) is 1. The van der Waals surface area contributed by atoms with Gasteiger partial charge in [0.05, 0.1) is 11.4 Å². The molecule has 0 radical (unpaired) electrons. The normalized spacial score (nSPS) is 10.8. The van der Waals surface area contributed by atoms with Gasteiger partial charge in [0.25, 0.3) is 0 Å². The van der Waals surface area contributed by atoms with E-state index in [0.29, 0.717) is 27.7 Å². The van der Waals surface area contributed by atoms with Gasteiger partial charge in [0.15, 0.2) is 16.1 Å². The zero-order valence-corrected chi connectivity index (χ0v) is 21.7. The summed E-state index contributed by atoms with van der Waals surface area (Å²) in [7, 11) is 0. The van der Waals surface area contributed by atoms with Crippen molar-refractivity contribution in [2.75, 3.05) is 11.1 Å². The number of anilines is 1. The molecule has 180 valence electrons. The van der Waals surface area contributed by atoms with E-state index in [-0.39, 0.29) is 18.3 Å². The predicted octanol–water partition coefficient (Wildman–Crippen LogP) is 6.17. The molecule has 0 aliphatic heterocycles. The monoisotopic (exact) mass is 525 g/mol. The molecule has 1 amide bonds. The molecule has 0 fully saturated rings. The molecule has 4 rings (SSSR count). The van der Waals surface area contributed by atoms with E-state index in [4.69, 9.17) is 16.3 Å². The van der Waals surface area contributed by atoms with E-state index in [0.717, 1.165) is 22.6 Å². The Morgan fingerprint density at radius 2 is 2.00 bits per heavy atom. The van der Waals surface area contributed by atoms with Crippen LogP contribution in [0.1, 0.15) is 17.0 Å². The highest BCUT2D eigenvalue weighted by atomic mass is 35.5. The second kappa shape index (κ2) is 11.5.